The molecule has 104 valence electrons. The van der Waals surface area contributed by atoms with E-state index in [1.54, 1.807) is 12.1 Å². The predicted molar refractivity (Wildman–Crippen MR) is 82.2 cm³/mol. The van der Waals surface area contributed by atoms with Crippen LogP contribution in [0.25, 0.3) is 0 Å². The lowest BCUT2D eigenvalue weighted by Crippen LogP contribution is -2.40. The molecule has 1 rings (SSSR count). The summed E-state index contributed by atoms with van der Waals surface area (Å²) in [7, 11) is 0. The summed E-state index contributed by atoms with van der Waals surface area (Å²) in [4.78, 5) is 24.1. The number of carbonyl (C=O) groups is 2. The summed E-state index contributed by atoms with van der Waals surface area (Å²) in [5, 5.41) is 11.5. The van der Waals surface area contributed by atoms with Crippen molar-refractivity contribution in [2.75, 3.05) is 18.4 Å². The van der Waals surface area contributed by atoms with Gasteiger partial charge in [-0.05, 0) is 52.8 Å². The zero-order valence-corrected chi connectivity index (χ0v) is 13.0. The molecular formula is C13H17IN2O3. The van der Waals surface area contributed by atoms with E-state index in [2.05, 4.69) is 27.9 Å². The Kier molecular flexibility index (Phi) is 6.07. The molecule has 5 nitrogen and oxygen atoms in total. The zero-order valence-electron chi connectivity index (χ0n) is 10.9. The number of carboxylic acids is 1. The number of benzene rings is 1. The SMILES string of the molecule is CC(C)CN(CC(=O)O)C(=O)Nc1ccc(I)cc1. The number of anilines is 1. The lowest BCUT2D eigenvalue weighted by atomic mass is 10.2. The Labute approximate surface area is 126 Å². The highest BCUT2D eigenvalue weighted by Gasteiger charge is 2.17. The van der Waals surface area contributed by atoms with Crippen LogP contribution in [0, 0.1) is 9.49 Å². The van der Waals surface area contributed by atoms with Gasteiger partial charge in [-0.1, -0.05) is 13.8 Å². The quantitative estimate of drug-likeness (QED) is 0.777. The Bertz CT molecular complexity index is 446. The van der Waals surface area contributed by atoms with Crippen molar-refractivity contribution < 1.29 is 14.7 Å². The highest BCUT2D eigenvalue weighted by Crippen LogP contribution is 2.12. The predicted octanol–water partition coefficient (Wildman–Crippen LogP) is 2.87. The Morgan fingerprint density at radius 2 is 1.89 bits per heavy atom. The highest BCUT2D eigenvalue weighted by atomic mass is 127. The molecule has 0 atom stereocenters. The Hall–Kier alpha value is -1.31. The standard InChI is InChI=1S/C13H17IN2O3/c1-9(2)7-16(8-12(17)18)13(19)15-11-5-3-10(14)4-6-11/h3-6,9H,7-8H2,1-2H3,(H,15,19)(H,17,18). The molecule has 0 aromatic heterocycles. The van der Waals surface area contributed by atoms with Crippen LogP contribution in [0.15, 0.2) is 24.3 Å². The van der Waals surface area contributed by atoms with E-state index in [1.807, 2.05) is 26.0 Å². The van der Waals surface area contributed by atoms with Crippen molar-refractivity contribution in [3.8, 4) is 0 Å². The first kappa shape index (κ1) is 15.7. The number of rotatable bonds is 5. The number of hydrogen-bond acceptors (Lipinski definition) is 2. The van der Waals surface area contributed by atoms with Crippen molar-refractivity contribution in [2.45, 2.75) is 13.8 Å². The van der Waals surface area contributed by atoms with Crippen LogP contribution in [-0.4, -0.2) is 35.1 Å². The Balaban J connectivity index is 2.70. The molecule has 0 aliphatic heterocycles. The average molecular weight is 376 g/mol. The van der Waals surface area contributed by atoms with E-state index >= 15 is 0 Å². The maximum absolute atomic E-state index is 12.0. The van der Waals surface area contributed by atoms with Crippen LogP contribution in [0.1, 0.15) is 13.8 Å². The minimum atomic E-state index is -1.02. The zero-order chi connectivity index (χ0) is 14.4. The van der Waals surface area contributed by atoms with Crippen LogP contribution < -0.4 is 5.32 Å². The van der Waals surface area contributed by atoms with Crippen LogP contribution in [0.3, 0.4) is 0 Å². The lowest BCUT2D eigenvalue weighted by molar-refractivity contribution is -0.137. The number of carbonyl (C=O) groups excluding carboxylic acids is 1. The summed E-state index contributed by atoms with van der Waals surface area (Å²) in [5.74, 6) is -0.805. The van der Waals surface area contributed by atoms with Gasteiger partial charge >= 0.3 is 12.0 Å². The van der Waals surface area contributed by atoms with Gasteiger partial charge in [0.1, 0.15) is 6.54 Å². The number of halogens is 1. The summed E-state index contributed by atoms with van der Waals surface area (Å²) in [6.45, 7) is 3.98. The summed E-state index contributed by atoms with van der Waals surface area (Å²) in [6.07, 6.45) is 0. The molecule has 0 saturated heterocycles. The second kappa shape index (κ2) is 7.32. The van der Waals surface area contributed by atoms with Gasteiger partial charge in [-0.25, -0.2) is 4.79 Å². The molecule has 1 aromatic rings. The molecule has 6 heteroatoms. The third kappa shape index (κ3) is 5.91. The van der Waals surface area contributed by atoms with Crippen molar-refractivity contribution in [3.05, 3.63) is 27.8 Å². The van der Waals surface area contributed by atoms with E-state index in [9.17, 15) is 9.59 Å². The molecule has 0 fully saturated rings. The topological polar surface area (TPSA) is 69.6 Å². The van der Waals surface area contributed by atoms with Gasteiger partial charge in [-0.15, -0.1) is 0 Å². The third-order valence-corrected chi connectivity index (χ3v) is 3.01. The van der Waals surface area contributed by atoms with Crippen molar-refractivity contribution in [1.82, 2.24) is 4.90 Å². The van der Waals surface area contributed by atoms with Crippen LogP contribution in [0.5, 0.6) is 0 Å². The van der Waals surface area contributed by atoms with Crippen molar-refractivity contribution in [3.63, 3.8) is 0 Å². The van der Waals surface area contributed by atoms with E-state index in [0.29, 0.717) is 12.2 Å². The third-order valence-electron chi connectivity index (χ3n) is 2.29. The van der Waals surface area contributed by atoms with Crippen LogP contribution in [0.2, 0.25) is 0 Å². The van der Waals surface area contributed by atoms with Gasteiger partial charge in [-0.3, -0.25) is 4.79 Å². The van der Waals surface area contributed by atoms with Crippen LogP contribution in [-0.2, 0) is 4.79 Å². The molecule has 0 aliphatic rings. The Morgan fingerprint density at radius 1 is 1.32 bits per heavy atom. The maximum atomic E-state index is 12.0. The van der Waals surface area contributed by atoms with E-state index in [0.717, 1.165) is 3.57 Å². The maximum Gasteiger partial charge on any atom is 0.323 e. The molecule has 0 unspecified atom stereocenters. The van der Waals surface area contributed by atoms with Crippen molar-refractivity contribution in [2.24, 2.45) is 5.92 Å². The molecule has 19 heavy (non-hydrogen) atoms. The van der Waals surface area contributed by atoms with E-state index < -0.39 is 12.0 Å². The fourth-order valence-electron chi connectivity index (χ4n) is 1.56. The molecule has 0 heterocycles. The first-order valence-electron chi connectivity index (χ1n) is 5.91. The molecule has 1 aromatic carbocycles. The molecule has 0 aliphatic carbocycles. The van der Waals surface area contributed by atoms with Gasteiger partial charge in [0.05, 0.1) is 0 Å². The fraction of sp³-hybridized carbons (Fsp3) is 0.385. The molecule has 0 spiro atoms. The average Bonchev–Trinajstić information content (AvgIpc) is 2.30. The van der Waals surface area contributed by atoms with E-state index in [-0.39, 0.29) is 12.5 Å². The van der Waals surface area contributed by atoms with Crippen molar-refractivity contribution >= 4 is 40.3 Å². The van der Waals surface area contributed by atoms with E-state index in [4.69, 9.17) is 5.11 Å². The number of aliphatic carboxylic acids is 1. The first-order valence-corrected chi connectivity index (χ1v) is 6.99. The van der Waals surface area contributed by atoms with Gasteiger partial charge < -0.3 is 15.3 Å². The summed E-state index contributed by atoms with van der Waals surface area (Å²) in [5.41, 5.74) is 0.657. The van der Waals surface area contributed by atoms with Crippen LogP contribution in [0.4, 0.5) is 10.5 Å². The fourth-order valence-corrected chi connectivity index (χ4v) is 1.92. The number of carboxylic acid groups (broad SMARTS) is 1. The number of nitrogens with one attached hydrogen (secondary N) is 1. The summed E-state index contributed by atoms with van der Waals surface area (Å²) < 4.78 is 1.07. The van der Waals surface area contributed by atoms with Crippen molar-refractivity contribution in [1.29, 1.82) is 0 Å². The number of hydrogen-bond donors (Lipinski definition) is 2. The smallest absolute Gasteiger partial charge is 0.323 e. The normalized spacial score (nSPS) is 10.3. The van der Waals surface area contributed by atoms with Crippen LogP contribution >= 0.6 is 22.6 Å². The summed E-state index contributed by atoms with van der Waals surface area (Å²) >= 11 is 2.17. The minimum absolute atomic E-state index is 0.210. The number of nitrogens with zero attached hydrogens (tertiary/aromatic N) is 1. The molecule has 0 bridgehead atoms. The highest BCUT2D eigenvalue weighted by molar-refractivity contribution is 14.1. The molecule has 0 radical (unpaired) electrons. The van der Waals surface area contributed by atoms with Gasteiger partial charge in [0.25, 0.3) is 0 Å². The largest absolute Gasteiger partial charge is 0.480 e. The minimum Gasteiger partial charge on any atom is -0.480 e. The number of urea groups is 1. The molecule has 2 amide bonds. The second-order valence-electron chi connectivity index (χ2n) is 4.61. The van der Waals surface area contributed by atoms with Gasteiger partial charge in [-0.2, -0.15) is 0 Å². The van der Waals surface area contributed by atoms with E-state index in [1.165, 1.54) is 4.90 Å². The second-order valence-corrected chi connectivity index (χ2v) is 5.85. The van der Waals surface area contributed by atoms with Gasteiger partial charge in [0.15, 0.2) is 0 Å². The number of amides is 2. The van der Waals surface area contributed by atoms with Gasteiger partial charge in [0, 0.05) is 15.8 Å². The summed E-state index contributed by atoms with van der Waals surface area (Å²) in [6, 6.07) is 6.93. The first-order chi connectivity index (χ1) is 8.88. The molecular weight excluding hydrogens is 359 g/mol. The monoisotopic (exact) mass is 376 g/mol. The lowest BCUT2D eigenvalue weighted by Gasteiger charge is -2.23. The Morgan fingerprint density at radius 3 is 2.37 bits per heavy atom. The van der Waals surface area contributed by atoms with Gasteiger partial charge in [0.2, 0.25) is 0 Å². The molecule has 0 saturated carbocycles. The molecule has 2 N–H and O–H groups in total.